The summed E-state index contributed by atoms with van der Waals surface area (Å²) in [6.07, 6.45) is 3.57. The second kappa shape index (κ2) is 12.2. The molecule has 1 aliphatic carbocycles. The molecular formula is C33H39FN2O4. The molecule has 3 aromatic carbocycles. The topological polar surface area (TPSA) is 51.2 Å². The van der Waals surface area contributed by atoms with Crippen LogP contribution in [0.1, 0.15) is 56.6 Å². The fourth-order valence-electron chi connectivity index (χ4n) is 5.60. The smallest absolute Gasteiger partial charge is 0.410 e. The Labute approximate surface area is 236 Å². The lowest BCUT2D eigenvalue weighted by Crippen LogP contribution is -2.47. The molecule has 0 spiro atoms. The number of amides is 1. The highest BCUT2D eigenvalue weighted by molar-refractivity contribution is 5.71. The van der Waals surface area contributed by atoms with Crippen LogP contribution < -0.4 is 14.4 Å². The number of ether oxygens (including phenoxy) is 3. The van der Waals surface area contributed by atoms with Crippen LogP contribution in [0, 0.1) is 5.82 Å². The molecule has 0 atom stereocenters. The van der Waals surface area contributed by atoms with Crippen molar-refractivity contribution in [2.24, 2.45) is 0 Å². The van der Waals surface area contributed by atoms with Gasteiger partial charge in [-0.3, -0.25) is 0 Å². The standard InChI is InChI=1S/C33H39FN2O4/c1-22(2)40-33(37)35-16-14-29(15-17-35)36(28-12-10-27(34)11-13-28)21-23-6-5-7-25(18-23)26-19-30(24-8-9-24)32(39-4)31(20-26)38-3/h5-7,10-13,18-20,22,24,29H,8-9,14-17,21H2,1-4H3. The highest BCUT2D eigenvalue weighted by Crippen LogP contribution is 2.49. The summed E-state index contributed by atoms with van der Waals surface area (Å²) in [6.45, 7) is 5.66. The molecule has 7 heteroatoms. The van der Waals surface area contributed by atoms with Crippen LogP contribution in [0.25, 0.3) is 11.1 Å². The van der Waals surface area contributed by atoms with E-state index in [1.807, 2.05) is 32.0 Å². The van der Waals surface area contributed by atoms with E-state index >= 15 is 0 Å². The van der Waals surface area contributed by atoms with Gasteiger partial charge in [0.15, 0.2) is 11.5 Å². The monoisotopic (exact) mass is 546 g/mol. The molecule has 1 heterocycles. The van der Waals surface area contributed by atoms with Crippen LogP contribution in [0.3, 0.4) is 0 Å². The minimum Gasteiger partial charge on any atom is -0.493 e. The number of benzene rings is 3. The summed E-state index contributed by atoms with van der Waals surface area (Å²) < 4.78 is 30.6. The summed E-state index contributed by atoms with van der Waals surface area (Å²) in [7, 11) is 3.38. The number of hydrogen-bond acceptors (Lipinski definition) is 5. The van der Waals surface area contributed by atoms with Gasteiger partial charge in [-0.15, -0.1) is 0 Å². The molecule has 6 nitrogen and oxygen atoms in total. The molecule has 1 amide bonds. The number of halogens is 1. The Morgan fingerprint density at radius 3 is 2.30 bits per heavy atom. The Hall–Kier alpha value is -3.74. The number of carbonyl (C=O) groups is 1. The minimum absolute atomic E-state index is 0.140. The highest BCUT2D eigenvalue weighted by Gasteiger charge is 2.30. The summed E-state index contributed by atoms with van der Waals surface area (Å²) >= 11 is 0. The van der Waals surface area contributed by atoms with Gasteiger partial charge in [0.05, 0.1) is 20.3 Å². The van der Waals surface area contributed by atoms with Crippen LogP contribution in [0.15, 0.2) is 60.7 Å². The maximum atomic E-state index is 13.8. The van der Waals surface area contributed by atoms with Gasteiger partial charge in [-0.2, -0.15) is 0 Å². The van der Waals surface area contributed by atoms with Crippen LogP contribution in [0.2, 0.25) is 0 Å². The summed E-state index contributed by atoms with van der Waals surface area (Å²) in [5, 5.41) is 0. The molecule has 1 saturated heterocycles. The lowest BCUT2D eigenvalue weighted by molar-refractivity contribution is 0.0690. The number of piperidine rings is 1. The Balaban J connectivity index is 1.40. The van der Waals surface area contributed by atoms with Crippen LogP contribution in [0.5, 0.6) is 11.5 Å². The van der Waals surface area contributed by atoms with Crippen LogP contribution in [-0.4, -0.2) is 50.4 Å². The van der Waals surface area contributed by atoms with Gasteiger partial charge >= 0.3 is 6.09 Å². The molecule has 1 saturated carbocycles. The van der Waals surface area contributed by atoms with Crippen molar-refractivity contribution in [1.82, 2.24) is 4.90 Å². The van der Waals surface area contributed by atoms with Gasteiger partial charge in [0, 0.05) is 36.9 Å². The third kappa shape index (κ3) is 6.35. The van der Waals surface area contributed by atoms with E-state index in [0.717, 1.165) is 46.7 Å². The summed E-state index contributed by atoms with van der Waals surface area (Å²) in [4.78, 5) is 16.6. The van der Waals surface area contributed by atoms with E-state index in [1.54, 1.807) is 19.1 Å². The zero-order chi connectivity index (χ0) is 28.2. The van der Waals surface area contributed by atoms with Gasteiger partial charge in [-0.1, -0.05) is 18.2 Å². The van der Waals surface area contributed by atoms with E-state index in [0.29, 0.717) is 25.6 Å². The predicted octanol–water partition coefficient (Wildman–Crippen LogP) is 7.40. The summed E-state index contributed by atoms with van der Waals surface area (Å²) in [5.41, 5.74) is 5.55. The normalized spacial score (nSPS) is 15.7. The Bertz CT molecular complexity index is 1310. The Morgan fingerprint density at radius 2 is 1.68 bits per heavy atom. The van der Waals surface area contributed by atoms with Crippen molar-refractivity contribution in [3.8, 4) is 22.6 Å². The molecule has 1 aliphatic heterocycles. The van der Waals surface area contributed by atoms with Gasteiger partial charge in [-0.05, 0) is 105 Å². The molecule has 2 fully saturated rings. The molecular weight excluding hydrogens is 507 g/mol. The van der Waals surface area contributed by atoms with E-state index in [-0.39, 0.29) is 24.1 Å². The first-order valence-corrected chi connectivity index (χ1v) is 14.2. The molecule has 0 bridgehead atoms. The zero-order valence-electron chi connectivity index (χ0n) is 23.9. The number of anilines is 1. The average Bonchev–Trinajstić information content (AvgIpc) is 3.81. The summed E-state index contributed by atoms with van der Waals surface area (Å²) in [6, 6.07) is 19.8. The average molecular weight is 547 g/mol. The second-order valence-electron chi connectivity index (χ2n) is 11.0. The van der Waals surface area contributed by atoms with E-state index in [4.69, 9.17) is 14.2 Å². The fourth-order valence-corrected chi connectivity index (χ4v) is 5.60. The van der Waals surface area contributed by atoms with Crippen LogP contribution in [-0.2, 0) is 11.3 Å². The molecule has 0 radical (unpaired) electrons. The molecule has 2 aliphatic rings. The first-order chi connectivity index (χ1) is 19.4. The van der Waals surface area contributed by atoms with Crippen molar-refractivity contribution in [1.29, 1.82) is 0 Å². The SMILES string of the molecule is COc1cc(-c2cccc(CN(c3ccc(F)cc3)C3CCN(C(=O)OC(C)C)CC3)c2)cc(C2CC2)c1OC. The molecule has 0 aromatic heterocycles. The van der Waals surface area contributed by atoms with E-state index in [1.165, 1.54) is 30.5 Å². The van der Waals surface area contributed by atoms with Gasteiger partial charge in [0.2, 0.25) is 0 Å². The number of methoxy groups -OCH3 is 2. The largest absolute Gasteiger partial charge is 0.493 e. The van der Waals surface area contributed by atoms with E-state index in [2.05, 4.69) is 35.2 Å². The maximum Gasteiger partial charge on any atom is 0.410 e. The quantitative estimate of drug-likeness (QED) is 0.280. The van der Waals surface area contributed by atoms with Crippen molar-refractivity contribution in [2.45, 2.75) is 64.1 Å². The molecule has 212 valence electrons. The molecule has 3 aromatic rings. The van der Waals surface area contributed by atoms with Gasteiger partial charge in [0.25, 0.3) is 0 Å². The van der Waals surface area contributed by atoms with Gasteiger partial charge in [0.1, 0.15) is 5.82 Å². The van der Waals surface area contributed by atoms with Crippen molar-refractivity contribution < 1.29 is 23.4 Å². The molecule has 40 heavy (non-hydrogen) atoms. The number of hydrogen-bond donors (Lipinski definition) is 0. The first kappa shape index (κ1) is 27.8. The maximum absolute atomic E-state index is 13.8. The second-order valence-corrected chi connectivity index (χ2v) is 11.0. The first-order valence-electron chi connectivity index (χ1n) is 14.2. The van der Waals surface area contributed by atoms with Gasteiger partial charge in [-0.25, -0.2) is 9.18 Å². The van der Waals surface area contributed by atoms with Crippen LogP contribution in [0.4, 0.5) is 14.9 Å². The molecule has 0 N–H and O–H groups in total. The van der Waals surface area contributed by atoms with Crippen molar-refractivity contribution >= 4 is 11.8 Å². The number of carbonyl (C=O) groups excluding carboxylic acids is 1. The van der Waals surface area contributed by atoms with Crippen molar-refractivity contribution in [3.63, 3.8) is 0 Å². The Morgan fingerprint density at radius 1 is 0.950 bits per heavy atom. The fraction of sp³-hybridized carbons (Fsp3) is 0.424. The van der Waals surface area contributed by atoms with Crippen LogP contribution >= 0.6 is 0 Å². The van der Waals surface area contributed by atoms with E-state index in [9.17, 15) is 9.18 Å². The van der Waals surface area contributed by atoms with E-state index < -0.39 is 0 Å². The molecule has 5 rings (SSSR count). The highest BCUT2D eigenvalue weighted by atomic mass is 19.1. The van der Waals surface area contributed by atoms with Gasteiger partial charge < -0.3 is 24.0 Å². The summed E-state index contributed by atoms with van der Waals surface area (Å²) in [5.74, 6) is 1.85. The third-order valence-electron chi connectivity index (χ3n) is 7.80. The van der Waals surface area contributed by atoms with Crippen molar-refractivity contribution in [3.05, 3.63) is 77.6 Å². The minimum atomic E-state index is -0.255. The Kier molecular flexibility index (Phi) is 8.48. The lowest BCUT2D eigenvalue weighted by atomic mass is 9.97. The lowest BCUT2D eigenvalue weighted by Gasteiger charge is -2.39. The zero-order valence-corrected chi connectivity index (χ0v) is 23.9. The number of likely N-dealkylation sites (tertiary alicyclic amines) is 1. The third-order valence-corrected chi connectivity index (χ3v) is 7.80. The number of nitrogens with zero attached hydrogens (tertiary/aromatic N) is 2. The predicted molar refractivity (Wildman–Crippen MR) is 156 cm³/mol. The molecule has 0 unspecified atom stereocenters. The van der Waals surface area contributed by atoms with Crippen molar-refractivity contribution in [2.75, 3.05) is 32.2 Å². The number of rotatable bonds is 9.